The lowest BCUT2D eigenvalue weighted by molar-refractivity contribution is 0.0342. The maximum atomic E-state index is 5.44. The van der Waals surface area contributed by atoms with E-state index >= 15 is 0 Å². The van der Waals surface area contributed by atoms with Gasteiger partial charge in [0, 0.05) is 65.1 Å². The van der Waals surface area contributed by atoms with Gasteiger partial charge in [0.15, 0.2) is 5.96 Å². The van der Waals surface area contributed by atoms with Gasteiger partial charge in [0.1, 0.15) is 5.75 Å². The molecule has 2 aromatic carbocycles. The van der Waals surface area contributed by atoms with Crippen LogP contribution in [0, 0.1) is 0 Å². The molecule has 2 aromatic rings. The van der Waals surface area contributed by atoms with E-state index in [0.29, 0.717) is 0 Å². The van der Waals surface area contributed by atoms with Crippen molar-refractivity contribution < 1.29 is 9.47 Å². The van der Waals surface area contributed by atoms with Gasteiger partial charge < -0.3 is 24.6 Å². The quantitative estimate of drug-likeness (QED) is 0.553. The van der Waals surface area contributed by atoms with Crippen molar-refractivity contribution in [2.75, 3.05) is 71.5 Å². The predicted molar refractivity (Wildman–Crippen MR) is 130 cm³/mol. The van der Waals surface area contributed by atoms with Crippen molar-refractivity contribution in [3.8, 4) is 5.75 Å². The molecule has 32 heavy (non-hydrogen) atoms. The first kappa shape index (κ1) is 22.4. The van der Waals surface area contributed by atoms with E-state index in [9.17, 15) is 0 Å². The van der Waals surface area contributed by atoms with E-state index in [1.807, 2.05) is 19.2 Å². The topological polar surface area (TPSA) is 52.6 Å². The fourth-order valence-electron chi connectivity index (χ4n) is 4.26. The average Bonchev–Trinajstić information content (AvgIpc) is 2.86. The molecule has 0 aliphatic carbocycles. The number of anilines is 1. The molecule has 0 spiro atoms. The summed E-state index contributed by atoms with van der Waals surface area (Å²) in [5.74, 6) is 1.86. The summed E-state index contributed by atoms with van der Waals surface area (Å²) in [7, 11) is 3.57. The van der Waals surface area contributed by atoms with Gasteiger partial charge in [-0.1, -0.05) is 24.3 Å². The SMILES string of the molecule is CN=C(NCc1ccc(CN2CCOCC2)cc1)N1CCN(c2ccc(OC)cc2)CC1. The van der Waals surface area contributed by atoms with Crippen molar-refractivity contribution >= 4 is 11.6 Å². The minimum Gasteiger partial charge on any atom is -0.497 e. The minimum atomic E-state index is 0.781. The number of nitrogens with one attached hydrogen (secondary N) is 1. The van der Waals surface area contributed by atoms with Gasteiger partial charge in [-0.25, -0.2) is 0 Å². The van der Waals surface area contributed by atoms with Gasteiger partial charge in [-0.15, -0.1) is 0 Å². The van der Waals surface area contributed by atoms with Crippen molar-refractivity contribution in [2.24, 2.45) is 4.99 Å². The van der Waals surface area contributed by atoms with E-state index in [-0.39, 0.29) is 0 Å². The zero-order chi connectivity index (χ0) is 22.2. The van der Waals surface area contributed by atoms with E-state index in [1.165, 1.54) is 16.8 Å². The highest BCUT2D eigenvalue weighted by molar-refractivity contribution is 5.80. The summed E-state index contributed by atoms with van der Waals surface area (Å²) in [5, 5.41) is 3.54. The molecule has 2 heterocycles. The molecule has 7 heteroatoms. The summed E-state index contributed by atoms with van der Waals surface area (Å²) in [6.45, 7) is 9.35. The molecule has 2 saturated heterocycles. The lowest BCUT2D eigenvalue weighted by Crippen LogP contribution is -2.52. The van der Waals surface area contributed by atoms with Crippen LogP contribution in [0.5, 0.6) is 5.75 Å². The van der Waals surface area contributed by atoms with Gasteiger partial charge in [0.2, 0.25) is 0 Å². The fourth-order valence-corrected chi connectivity index (χ4v) is 4.26. The Morgan fingerprint density at radius 2 is 1.56 bits per heavy atom. The smallest absolute Gasteiger partial charge is 0.194 e. The molecule has 4 rings (SSSR count). The van der Waals surface area contributed by atoms with Gasteiger partial charge >= 0.3 is 0 Å². The van der Waals surface area contributed by atoms with Crippen LogP contribution < -0.4 is 15.0 Å². The zero-order valence-electron chi connectivity index (χ0n) is 19.3. The number of piperazine rings is 1. The number of methoxy groups -OCH3 is 1. The number of hydrogen-bond acceptors (Lipinski definition) is 5. The summed E-state index contributed by atoms with van der Waals surface area (Å²) >= 11 is 0. The van der Waals surface area contributed by atoms with E-state index in [0.717, 1.165) is 77.3 Å². The summed E-state index contributed by atoms with van der Waals surface area (Å²) in [4.78, 5) is 11.7. The molecule has 0 aromatic heterocycles. The first-order chi connectivity index (χ1) is 15.7. The van der Waals surface area contributed by atoms with Crippen LogP contribution in [0.2, 0.25) is 0 Å². The molecule has 0 bridgehead atoms. The number of benzene rings is 2. The van der Waals surface area contributed by atoms with Crippen molar-refractivity contribution in [1.29, 1.82) is 0 Å². The largest absolute Gasteiger partial charge is 0.497 e. The molecule has 2 aliphatic rings. The van der Waals surface area contributed by atoms with Crippen LogP contribution in [0.3, 0.4) is 0 Å². The summed E-state index contributed by atoms with van der Waals surface area (Å²) < 4.78 is 10.7. The number of morpholine rings is 1. The molecule has 0 saturated carbocycles. The number of hydrogen-bond donors (Lipinski definition) is 1. The Hall–Kier alpha value is -2.77. The van der Waals surface area contributed by atoms with Gasteiger partial charge in [-0.05, 0) is 35.4 Å². The summed E-state index contributed by atoms with van der Waals surface area (Å²) in [6.07, 6.45) is 0. The minimum absolute atomic E-state index is 0.781. The molecular formula is C25H35N5O2. The highest BCUT2D eigenvalue weighted by Crippen LogP contribution is 2.20. The lowest BCUT2D eigenvalue weighted by atomic mass is 10.1. The predicted octanol–water partition coefficient (Wildman–Crippen LogP) is 2.42. The van der Waals surface area contributed by atoms with Crippen LogP contribution in [-0.2, 0) is 17.8 Å². The second-order valence-electron chi connectivity index (χ2n) is 8.28. The highest BCUT2D eigenvalue weighted by atomic mass is 16.5. The summed E-state index contributed by atoms with van der Waals surface area (Å²) in [5.41, 5.74) is 3.87. The molecule has 0 atom stereocenters. The first-order valence-electron chi connectivity index (χ1n) is 11.5. The Labute approximate surface area is 191 Å². The zero-order valence-corrected chi connectivity index (χ0v) is 19.3. The second-order valence-corrected chi connectivity index (χ2v) is 8.28. The van der Waals surface area contributed by atoms with Crippen LogP contribution in [-0.4, -0.2) is 82.4 Å². The van der Waals surface area contributed by atoms with Crippen molar-refractivity contribution in [2.45, 2.75) is 13.1 Å². The van der Waals surface area contributed by atoms with Crippen LogP contribution in [0.1, 0.15) is 11.1 Å². The Morgan fingerprint density at radius 3 is 2.19 bits per heavy atom. The third kappa shape index (κ3) is 5.93. The number of nitrogens with zero attached hydrogens (tertiary/aromatic N) is 4. The number of ether oxygens (including phenoxy) is 2. The molecule has 0 amide bonds. The Kier molecular flexibility index (Phi) is 7.85. The van der Waals surface area contributed by atoms with Gasteiger partial charge in [0.05, 0.1) is 20.3 Å². The number of guanidine groups is 1. The van der Waals surface area contributed by atoms with E-state index < -0.39 is 0 Å². The Bertz CT molecular complexity index is 855. The van der Waals surface area contributed by atoms with Crippen LogP contribution in [0.25, 0.3) is 0 Å². The van der Waals surface area contributed by atoms with Crippen molar-refractivity contribution in [1.82, 2.24) is 15.1 Å². The van der Waals surface area contributed by atoms with Gasteiger partial charge in [0.25, 0.3) is 0 Å². The van der Waals surface area contributed by atoms with E-state index in [2.05, 4.69) is 61.4 Å². The normalized spacial score (nSPS) is 18.0. The monoisotopic (exact) mass is 437 g/mol. The average molecular weight is 438 g/mol. The maximum Gasteiger partial charge on any atom is 0.194 e. The molecule has 7 nitrogen and oxygen atoms in total. The van der Waals surface area contributed by atoms with E-state index in [4.69, 9.17) is 9.47 Å². The number of rotatable bonds is 6. The van der Waals surface area contributed by atoms with Crippen LogP contribution in [0.4, 0.5) is 5.69 Å². The van der Waals surface area contributed by atoms with Crippen LogP contribution >= 0.6 is 0 Å². The fraction of sp³-hybridized carbons (Fsp3) is 0.480. The maximum absolute atomic E-state index is 5.44. The highest BCUT2D eigenvalue weighted by Gasteiger charge is 2.20. The van der Waals surface area contributed by atoms with Crippen molar-refractivity contribution in [3.63, 3.8) is 0 Å². The molecular weight excluding hydrogens is 402 g/mol. The first-order valence-corrected chi connectivity index (χ1v) is 11.5. The summed E-state index contributed by atoms with van der Waals surface area (Å²) in [6, 6.07) is 17.2. The second kappa shape index (κ2) is 11.2. The van der Waals surface area contributed by atoms with Crippen molar-refractivity contribution in [3.05, 3.63) is 59.7 Å². The van der Waals surface area contributed by atoms with Gasteiger partial charge in [-0.3, -0.25) is 9.89 Å². The van der Waals surface area contributed by atoms with Crippen LogP contribution in [0.15, 0.2) is 53.5 Å². The molecule has 2 aliphatic heterocycles. The third-order valence-corrected chi connectivity index (χ3v) is 6.21. The number of aliphatic imine (C=N–C) groups is 1. The standard InChI is InChI=1S/C25H35N5O2/c1-26-25(30-13-11-29(12-14-30)23-7-9-24(31-2)10-8-23)27-19-21-3-5-22(6-4-21)20-28-15-17-32-18-16-28/h3-10H,11-20H2,1-2H3,(H,26,27). The Morgan fingerprint density at radius 1 is 0.906 bits per heavy atom. The molecule has 0 unspecified atom stereocenters. The molecule has 172 valence electrons. The molecule has 1 N–H and O–H groups in total. The molecule has 0 radical (unpaired) electrons. The lowest BCUT2D eigenvalue weighted by Gasteiger charge is -2.37. The van der Waals surface area contributed by atoms with E-state index in [1.54, 1.807) is 7.11 Å². The molecule has 2 fully saturated rings. The third-order valence-electron chi connectivity index (χ3n) is 6.21. The Balaban J connectivity index is 1.24. The van der Waals surface area contributed by atoms with Gasteiger partial charge in [-0.2, -0.15) is 0 Å².